The van der Waals surface area contributed by atoms with Gasteiger partial charge in [0.05, 0.1) is 12.0 Å². The summed E-state index contributed by atoms with van der Waals surface area (Å²) in [5, 5.41) is 15.0. The molecule has 6 atom stereocenters. The highest BCUT2D eigenvalue weighted by atomic mass is 32.1. The van der Waals surface area contributed by atoms with Crippen LogP contribution < -0.4 is 5.32 Å². The Morgan fingerprint density at radius 1 is 1.00 bits per heavy atom. The number of thiazole rings is 1. The lowest BCUT2D eigenvalue weighted by Crippen LogP contribution is -2.48. The van der Waals surface area contributed by atoms with Gasteiger partial charge in [0.2, 0.25) is 5.91 Å². The van der Waals surface area contributed by atoms with E-state index in [1.54, 1.807) is 12.3 Å². The van der Waals surface area contributed by atoms with Crippen molar-refractivity contribution in [2.24, 2.45) is 23.7 Å². The molecular formula is C44H60N4O6S. The Morgan fingerprint density at radius 3 is 2.29 bits per heavy atom. The third-order valence-corrected chi connectivity index (χ3v) is 12.7. The first-order valence-corrected chi connectivity index (χ1v) is 20.9. The van der Waals surface area contributed by atoms with Gasteiger partial charge in [-0.3, -0.25) is 24.1 Å². The number of likely N-dealkylation sites (tertiary alicyclic amines) is 1. The third-order valence-electron chi connectivity index (χ3n) is 11.7. The van der Waals surface area contributed by atoms with Crippen molar-refractivity contribution >= 4 is 34.9 Å². The number of carbonyl (C=O) groups is 4. The normalized spacial score (nSPS) is 18.9. The summed E-state index contributed by atoms with van der Waals surface area (Å²) in [6, 6.07) is 17.3. The zero-order valence-electron chi connectivity index (χ0n) is 33.4. The van der Waals surface area contributed by atoms with Gasteiger partial charge in [-0.25, -0.2) is 4.98 Å². The predicted molar refractivity (Wildman–Crippen MR) is 216 cm³/mol. The minimum atomic E-state index is -0.908. The summed E-state index contributed by atoms with van der Waals surface area (Å²) < 4.78 is 6.28. The maximum absolute atomic E-state index is 14.8. The highest BCUT2D eigenvalue weighted by molar-refractivity contribution is 7.09. The van der Waals surface area contributed by atoms with Crippen LogP contribution in [-0.2, 0) is 38.4 Å². The fraction of sp³-hybridized carbons (Fsp3) is 0.568. The Kier molecular flexibility index (Phi) is 15.2. The average Bonchev–Trinajstić information content (AvgIpc) is 3.84. The van der Waals surface area contributed by atoms with Crippen molar-refractivity contribution in [1.29, 1.82) is 0 Å². The molecule has 2 amide bonds. The van der Waals surface area contributed by atoms with Crippen LogP contribution in [0.25, 0.3) is 0 Å². The van der Waals surface area contributed by atoms with Gasteiger partial charge >= 0.3 is 5.97 Å². The minimum absolute atomic E-state index is 0.00202. The first kappa shape index (κ1) is 42.2. The third kappa shape index (κ3) is 11.1. The number of ether oxygens (including phenoxy) is 1. The molecule has 0 spiro atoms. The van der Waals surface area contributed by atoms with E-state index in [1.165, 1.54) is 22.5 Å². The first-order chi connectivity index (χ1) is 26.4. The summed E-state index contributed by atoms with van der Waals surface area (Å²) in [6.07, 6.45) is 5.55. The lowest BCUT2D eigenvalue weighted by atomic mass is 9.81. The van der Waals surface area contributed by atoms with Gasteiger partial charge in [-0.1, -0.05) is 81.8 Å². The number of likely N-dealkylation sites (N-methyl/N-ethyl adjacent to an activating group) is 1. The number of rotatable bonds is 19. The van der Waals surface area contributed by atoms with Gasteiger partial charge < -0.3 is 20.1 Å². The van der Waals surface area contributed by atoms with Gasteiger partial charge in [-0.15, -0.1) is 11.3 Å². The van der Waals surface area contributed by atoms with E-state index in [0.29, 0.717) is 24.5 Å². The quantitative estimate of drug-likeness (QED) is 0.133. The van der Waals surface area contributed by atoms with Gasteiger partial charge in [0.25, 0.3) is 5.91 Å². The van der Waals surface area contributed by atoms with Crippen molar-refractivity contribution in [2.75, 3.05) is 27.2 Å². The molecule has 298 valence electrons. The Balaban J connectivity index is 1.32. The second-order valence-corrected chi connectivity index (χ2v) is 16.9. The molecule has 2 aliphatic rings. The van der Waals surface area contributed by atoms with Crippen LogP contribution in [-0.4, -0.2) is 88.8 Å². The predicted octanol–water partition coefficient (Wildman–Crippen LogP) is 7.02. The second kappa shape index (κ2) is 19.8. The van der Waals surface area contributed by atoms with Crippen molar-refractivity contribution in [3.63, 3.8) is 0 Å². The number of nitrogens with zero attached hydrogens (tertiary/aromatic N) is 3. The van der Waals surface area contributed by atoms with Crippen LogP contribution in [0.1, 0.15) is 105 Å². The summed E-state index contributed by atoms with van der Waals surface area (Å²) in [7, 11) is 3.89. The largest absolute Gasteiger partial charge is 0.481 e. The number of fused-ring (bicyclic) bond motifs is 1. The number of carboxylic acids is 1. The van der Waals surface area contributed by atoms with Crippen LogP contribution in [0.5, 0.6) is 0 Å². The second-order valence-electron chi connectivity index (χ2n) is 16.1. The van der Waals surface area contributed by atoms with E-state index in [1.807, 2.05) is 68.4 Å². The summed E-state index contributed by atoms with van der Waals surface area (Å²) in [6.45, 7) is 9.10. The van der Waals surface area contributed by atoms with E-state index in [2.05, 4.69) is 36.2 Å². The first-order valence-electron chi connectivity index (χ1n) is 20.1. The molecule has 0 unspecified atom stereocenters. The number of Topliss-reactive ketones (excluding diaryl/α,β-unsaturated/α-hetero) is 1. The number of ketones is 1. The number of aromatic nitrogens is 1. The number of hydrogen-bond donors (Lipinski definition) is 2. The number of carboxylic acid groups (broad SMARTS) is 1. The highest BCUT2D eigenvalue weighted by Crippen LogP contribution is 2.37. The molecule has 3 aromatic rings. The van der Waals surface area contributed by atoms with Crippen LogP contribution in [0.4, 0.5) is 0 Å². The number of hydrogen-bond acceptors (Lipinski definition) is 8. The zero-order chi connectivity index (χ0) is 39.6. The molecule has 1 aliphatic heterocycles. The molecule has 0 saturated carbocycles. The van der Waals surface area contributed by atoms with Gasteiger partial charge in [0, 0.05) is 49.9 Å². The SMILES string of the molecule is CCO[C@H](C[C@H](C(C)C)N(C)C(=O)[C@@H](CC(=O)[C@H]1CCCCN1C)C1Cc2ccccc2C1)c1nc(C(=O)N[C@@H](Cc2ccccc2)C[C@H](C)C(=O)O)cs1. The van der Waals surface area contributed by atoms with Crippen LogP contribution in [0.2, 0.25) is 0 Å². The van der Waals surface area contributed by atoms with Gasteiger partial charge in [0.1, 0.15) is 16.8 Å². The summed E-state index contributed by atoms with van der Waals surface area (Å²) in [5.41, 5.74) is 3.78. The molecule has 11 heteroatoms. The maximum atomic E-state index is 14.8. The number of amides is 2. The Bertz CT molecular complexity index is 1720. The van der Waals surface area contributed by atoms with E-state index < -0.39 is 30.0 Å². The number of aliphatic carboxylic acids is 1. The van der Waals surface area contributed by atoms with Gasteiger partial charge in [-0.2, -0.15) is 0 Å². The highest BCUT2D eigenvalue weighted by Gasteiger charge is 2.40. The summed E-state index contributed by atoms with van der Waals surface area (Å²) in [5.74, 6) is -2.05. The molecule has 0 bridgehead atoms. The van der Waals surface area contributed by atoms with E-state index in [4.69, 9.17) is 9.72 Å². The topological polar surface area (TPSA) is 129 Å². The maximum Gasteiger partial charge on any atom is 0.306 e. The monoisotopic (exact) mass is 772 g/mol. The number of carbonyl (C=O) groups excluding carboxylic acids is 3. The number of nitrogens with one attached hydrogen (secondary N) is 1. The van der Waals surface area contributed by atoms with Crippen molar-refractivity contribution in [2.45, 2.75) is 110 Å². The van der Waals surface area contributed by atoms with E-state index in [0.717, 1.165) is 44.2 Å². The van der Waals surface area contributed by atoms with Crippen molar-refractivity contribution < 1.29 is 29.0 Å². The van der Waals surface area contributed by atoms with Gasteiger partial charge in [-0.05, 0) is 87.6 Å². The van der Waals surface area contributed by atoms with Crippen molar-refractivity contribution in [3.05, 3.63) is 87.4 Å². The molecule has 1 saturated heterocycles. The smallest absolute Gasteiger partial charge is 0.306 e. The molecule has 1 fully saturated rings. The molecule has 1 aliphatic carbocycles. The standard InChI is InChI=1S/C44H60N4O6S/c1-7-54-40(42-46-36(27-55-42)41(50)45-34(21-29(4)44(52)53)22-30-15-9-8-10-16-30)26-38(28(2)3)48(6)43(51)35(25-39(49)37-19-13-14-20-47(37)5)33-23-31-17-11-12-18-32(31)24-33/h8-12,15-18,27-29,33-35,37-38,40H,7,13-14,19-26H2,1-6H3,(H,45,50)(H,52,53)/t29-,34+,35-,37+,38+,40+/m0/s1. The van der Waals surface area contributed by atoms with Crippen LogP contribution in [0, 0.1) is 23.7 Å². The molecule has 0 radical (unpaired) electrons. The molecule has 5 rings (SSSR count). The molecule has 1 aromatic heterocycles. The molecule has 55 heavy (non-hydrogen) atoms. The Labute approximate surface area is 331 Å². The lowest BCUT2D eigenvalue weighted by molar-refractivity contribution is -0.143. The minimum Gasteiger partial charge on any atom is -0.481 e. The van der Waals surface area contributed by atoms with Crippen LogP contribution >= 0.6 is 11.3 Å². The molecule has 2 heterocycles. The molecule has 2 aromatic carbocycles. The van der Waals surface area contributed by atoms with Crippen molar-refractivity contribution in [1.82, 2.24) is 20.1 Å². The lowest BCUT2D eigenvalue weighted by Gasteiger charge is -2.38. The fourth-order valence-electron chi connectivity index (χ4n) is 8.55. The molecule has 10 nitrogen and oxygen atoms in total. The van der Waals surface area contributed by atoms with Crippen LogP contribution in [0.3, 0.4) is 0 Å². The summed E-state index contributed by atoms with van der Waals surface area (Å²) in [4.78, 5) is 62.8. The van der Waals surface area contributed by atoms with Crippen LogP contribution in [0.15, 0.2) is 60.0 Å². The summed E-state index contributed by atoms with van der Waals surface area (Å²) >= 11 is 1.35. The molecular weight excluding hydrogens is 713 g/mol. The Morgan fingerprint density at radius 2 is 1.67 bits per heavy atom. The average molecular weight is 773 g/mol. The zero-order valence-corrected chi connectivity index (χ0v) is 34.2. The number of piperidine rings is 1. The van der Waals surface area contributed by atoms with Crippen molar-refractivity contribution in [3.8, 4) is 0 Å². The Hall–Kier alpha value is -3.93. The van der Waals surface area contributed by atoms with Gasteiger partial charge in [0.15, 0.2) is 5.78 Å². The molecule has 2 N–H and O–H groups in total. The number of benzene rings is 2. The van der Waals surface area contributed by atoms with E-state index >= 15 is 0 Å². The van der Waals surface area contributed by atoms with E-state index in [-0.39, 0.29) is 60.1 Å². The fourth-order valence-corrected chi connectivity index (χ4v) is 9.41. The van der Waals surface area contributed by atoms with E-state index in [9.17, 15) is 24.3 Å².